The van der Waals surface area contributed by atoms with Crippen LogP contribution in [0.4, 0.5) is 10.1 Å². The highest BCUT2D eigenvalue weighted by Gasteiger charge is 2.28. The summed E-state index contributed by atoms with van der Waals surface area (Å²) in [5.74, 6) is -0.476. The molecule has 5 nitrogen and oxygen atoms in total. The third kappa shape index (κ3) is 5.57. The van der Waals surface area contributed by atoms with Gasteiger partial charge in [-0.3, -0.25) is 4.79 Å². The van der Waals surface area contributed by atoms with Gasteiger partial charge in [0, 0.05) is 30.6 Å². The Morgan fingerprint density at radius 1 is 0.974 bits per heavy atom. The summed E-state index contributed by atoms with van der Waals surface area (Å²) in [6, 6.07) is 25.9. The molecule has 4 aromatic rings. The highest BCUT2D eigenvalue weighted by molar-refractivity contribution is 6.12. The van der Waals surface area contributed by atoms with Crippen molar-refractivity contribution in [3.63, 3.8) is 0 Å². The molecule has 0 saturated carbocycles. The number of hydrogen-bond donors (Lipinski definition) is 1. The molecule has 0 aliphatic carbocycles. The van der Waals surface area contributed by atoms with Gasteiger partial charge in [-0.05, 0) is 80.1 Å². The lowest BCUT2D eigenvalue weighted by atomic mass is 9.96. The summed E-state index contributed by atoms with van der Waals surface area (Å²) in [5, 5.41) is 3.08. The first-order chi connectivity index (χ1) is 18.5. The molecule has 1 aromatic heterocycles. The Morgan fingerprint density at radius 2 is 1.66 bits per heavy atom. The quantitative estimate of drug-likeness (QED) is 0.267. The van der Waals surface area contributed by atoms with Crippen LogP contribution in [0.2, 0.25) is 0 Å². The van der Waals surface area contributed by atoms with Crippen LogP contribution in [0.15, 0.2) is 84.9 Å². The Balaban J connectivity index is 1.62. The Bertz CT molecular complexity index is 1370. The standard InChI is InChI=1S/C32H33FN2O3/c1-22-29(32(36)34-26-12-7-4-8-13-26)30(23-10-5-3-6-11-23)31(24-16-18-25(33)19-17-24)35(22)21-20-27-14-9-15-28(37-2)38-27/h3-8,10-13,16-19,27-28H,9,14-15,20-21H2,1-2H3,(H,34,36). The summed E-state index contributed by atoms with van der Waals surface area (Å²) in [7, 11) is 1.68. The van der Waals surface area contributed by atoms with E-state index in [0.717, 1.165) is 59.4 Å². The van der Waals surface area contributed by atoms with Gasteiger partial charge in [-0.1, -0.05) is 48.5 Å². The lowest BCUT2D eigenvalue weighted by Crippen LogP contribution is -2.29. The summed E-state index contributed by atoms with van der Waals surface area (Å²) in [6.45, 7) is 2.64. The van der Waals surface area contributed by atoms with E-state index in [1.54, 1.807) is 19.2 Å². The second-order valence-corrected chi connectivity index (χ2v) is 9.67. The molecule has 2 heterocycles. The molecule has 1 aliphatic rings. The van der Waals surface area contributed by atoms with E-state index in [4.69, 9.17) is 9.47 Å². The van der Waals surface area contributed by atoms with Gasteiger partial charge >= 0.3 is 0 Å². The van der Waals surface area contributed by atoms with Crippen molar-refractivity contribution in [2.24, 2.45) is 0 Å². The zero-order valence-electron chi connectivity index (χ0n) is 21.8. The summed E-state index contributed by atoms with van der Waals surface area (Å²) in [5.41, 5.74) is 5.71. The molecule has 196 valence electrons. The molecule has 1 saturated heterocycles. The molecule has 0 spiro atoms. The molecule has 2 atom stereocenters. The predicted octanol–water partition coefficient (Wildman–Crippen LogP) is 7.45. The van der Waals surface area contributed by atoms with Gasteiger partial charge in [-0.2, -0.15) is 0 Å². The number of anilines is 1. The molecular weight excluding hydrogens is 479 g/mol. The van der Waals surface area contributed by atoms with Crippen molar-refractivity contribution in [2.75, 3.05) is 12.4 Å². The predicted molar refractivity (Wildman–Crippen MR) is 149 cm³/mol. The number of rotatable bonds is 8. The van der Waals surface area contributed by atoms with Crippen molar-refractivity contribution in [2.45, 2.75) is 51.5 Å². The summed E-state index contributed by atoms with van der Waals surface area (Å²) >= 11 is 0. The van der Waals surface area contributed by atoms with E-state index in [2.05, 4.69) is 9.88 Å². The molecule has 3 aromatic carbocycles. The van der Waals surface area contributed by atoms with Gasteiger partial charge < -0.3 is 19.4 Å². The zero-order valence-corrected chi connectivity index (χ0v) is 21.8. The number of benzene rings is 3. The second kappa shape index (κ2) is 11.8. The number of para-hydroxylation sites is 1. The van der Waals surface area contributed by atoms with Gasteiger partial charge in [-0.15, -0.1) is 0 Å². The van der Waals surface area contributed by atoms with Crippen LogP contribution in [0.5, 0.6) is 0 Å². The SMILES string of the molecule is COC1CCCC(CCn2c(C)c(C(=O)Nc3ccccc3)c(-c3ccccc3)c2-c2ccc(F)cc2)O1. The number of aromatic nitrogens is 1. The maximum Gasteiger partial charge on any atom is 0.258 e. The third-order valence-electron chi connectivity index (χ3n) is 7.21. The molecule has 1 fully saturated rings. The van der Waals surface area contributed by atoms with E-state index in [1.165, 1.54) is 12.1 Å². The first-order valence-electron chi connectivity index (χ1n) is 13.1. The third-order valence-corrected chi connectivity index (χ3v) is 7.21. The molecular formula is C32H33FN2O3. The Hall–Kier alpha value is -3.74. The van der Waals surface area contributed by atoms with E-state index in [-0.39, 0.29) is 24.1 Å². The van der Waals surface area contributed by atoms with E-state index < -0.39 is 0 Å². The Labute approximate surface area is 223 Å². The average molecular weight is 513 g/mol. The molecule has 1 aliphatic heterocycles. The summed E-state index contributed by atoms with van der Waals surface area (Å²) in [4.78, 5) is 13.8. The maximum atomic E-state index is 13.9. The minimum atomic E-state index is -0.298. The van der Waals surface area contributed by atoms with Crippen LogP contribution < -0.4 is 5.32 Å². The number of hydrogen-bond acceptors (Lipinski definition) is 3. The molecule has 2 unspecified atom stereocenters. The fourth-order valence-electron chi connectivity index (χ4n) is 5.32. The van der Waals surface area contributed by atoms with E-state index in [1.807, 2.05) is 67.6 Å². The summed E-state index contributed by atoms with van der Waals surface area (Å²) in [6.07, 6.45) is 3.59. The Kier molecular flexibility index (Phi) is 8.01. The number of amides is 1. The van der Waals surface area contributed by atoms with Gasteiger partial charge in [0.1, 0.15) is 5.82 Å². The molecule has 6 heteroatoms. The number of carbonyl (C=O) groups excluding carboxylic acids is 1. The summed E-state index contributed by atoms with van der Waals surface area (Å²) < 4.78 is 27.7. The van der Waals surface area contributed by atoms with Crippen LogP contribution in [0.1, 0.15) is 41.7 Å². The molecule has 1 amide bonds. The van der Waals surface area contributed by atoms with Gasteiger partial charge in [0.25, 0.3) is 5.91 Å². The van der Waals surface area contributed by atoms with Gasteiger partial charge in [0.2, 0.25) is 0 Å². The number of nitrogens with one attached hydrogen (secondary N) is 1. The average Bonchev–Trinajstić information content (AvgIpc) is 3.25. The van der Waals surface area contributed by atoms with Crippen LogP contribution in [0.25, 0.3) is 22.4 Å². The van der Waals surface area contributed by atoms with Gasteiger partial charge in [0.05, 0.1) is 17.4 Å². The van der Waals surface area contributed by atoms with Crippen molar-refractivity contribution >= 4 is 11.6 Å². The van der Waals surface area contributed by atoms with Crippen molar-refractivity contribution in [3.05, 3.63) is 102 Å². The van der Waals surface area contributed by atoms with Gasteiger partial charge in [0.15, 0.2) is 6.29 Å². The van der Waals surface area contributed by atoms with Crippen LogP contribution in [-0.4, -0.2) is 30.0 Å². The number of ether oxygens (including phenoxy) is 2. The minimum absolute atomic E-state index is 0.0679. The van der Waals surface area contributed by atoms with Crippen molar-refractivity contribution in [1.29, 1.82) is 0 Å². The fraction of sp³-hybridized carbons (Fsp3) is 0.281. The topological polar surface area (TPSA) is 52.5 Å². The first kappa shape index (κ1) is 25.9. The maximum absolute atomic E-state index is 13.9. The fourth-order valence-corrected chi connectivity index (χ4v) is 5.32. The van der Waals surface area contributed by atoms with E-state index in [9.17, 15) is 9.18 Å². The number of nitrogens with zero attached hydrogens (tertiary/aromatic N) is 1. The number of halogens is 1. The molecule has 5 rings (SSSR count). The highest BCUT2D eigenvalue weighted by Crippen LogP contribution is 2.40. The molecule has 1 N–H and O–H groups in total. The second-order valence-electron chi connectivity index (χ2n) is 9.67. The highest BCUT2D eigenvalue weighted by atomic mass is 19.1. The zero-order chi connectivity index (χ0) is 26.5. The molecule has 0 bridgehead atoms. The smallest absolute Gasteiger partial charge is 0.258 e. The van der Waals surface area contributed by atoms with E-state index >= 15 is 0 Å². The van der Waals surface area contributed by atoms with Crippen LogP contribution in [0, 0.1) is 12.7 Å². The van der Waals surface area contributed by atoms with Crippen LogP contribution >= 0.6 is 0 Å². The van der Waals surface area contributed by atoms with Gasteiger partial charge in [-0.25, -0.2) is 4.39 Å². The lowest BCUT2D eigenvalue weighted by molar-refractivity contribution is -0.181. The number of carbonyl (C=O) groups is 1. The monoisotopic (exact) mass is 512 g/mol. The van der Waals surface area contributed by atoms with Crippen LogP contribution in [0.3, 0.4) is 0 Å². The molecule has 38 heavy (non-hydrogen) atoms. The van der Waals surface area contributed by atoms with Crippen molar-refractivity contribution < 1.29 is 18.7 Å². The molecule has 0 radical (unpaired) electrons. The lowest BCUT2D eigenvalue weighted by Gasteiger charge is -2.29. The van der Waals surface area contributed by atoms with E-state index in [0.29, 0.717) is 12.1 Å². The van der Waals surface area contributed by atoms with Crippen molar-refractivity contribution in [1.82, 2.24) is 4.57 Å². The minimum Gasteiger partial charge on any atom is -0.356 e. The van der Waals surface area contributed by atoms with Crippen LogP contribution in [-0.2, 0) is 16.0 Å². The largest absolute Gasteiger partial charge is 0.356 e. The Morgan fingerprint density at radius 3 is 2.34 bits per heavy atom. The number of methoxy groups -OCH3 is 1. The van der Waals surface area contributed by atoms with Crippen molar-refractivity contribution in [3.8, 4) is 22.4 Å². The normalized spacial score (nSPS) is 17.3. The first-order valence-corrected chi connectivity index (χ1v) is 13.1.